The van der Waals surface area contributed by atoms with Gasteiger partial charge in [0.25, 0.3) is 5.91 Å². The molecule has 0 radical (unpaired) electrons. The number of piperidine rings is 1. The van der Waals surface area contributed by atoms with E-state index in [0.717, 1.165) is 24.6 Å². The third kappa shape index (κ3) is 2.36. The van der Waals surface area contributed by atoms with Crippen molar-refractivity contribution in [3.63, 3.8) is 0 Å². The molecule has 1 heterocycles. The minimum Gasteiger partial charge on any atom is -0.480 e. The van der Waals surface area contributed by atoms with Crippen LogP contribution in [0.15, 0.2) is 24.3 Å². The molecule has 21 heavy (non-hydrogen) atoms. The molecule has 1 aliphatic heterocycles. The van der Waals surface area contributed by atoms with Crippen molar-refractivity contribution in [1.82, 2.24) is 4.90 Å². The second-order valence-electron chi connectivity index (χ2n) is 5.48. The summed E-state index contributed by atoms with van der Waals surface area (Å²) in [5, 5.41) is 9.19. The molecule has 3 rings (SSSR count). The minimum absolute atomic E-state index is 0.0581. The second kappa shape index (κ2) is 4.47. The molecule has 112 valence electrons. The van der Waals surface area contributed by atoms with E-state index in [2.05, 4.69) is 0 Å². The fourth-order valence-electron chi connectivity index (χ4n) is 2.99. The number of hydrogen-bond donors (Lipinski definition) is 1. The largest absolute Gasteiger partial charge is 0.480 e. The maximum Gasteiger partial charge on any atom is 0.416 e. The van der Waals surface area contributed by atoms with Crippen molar-refractivity contribution >= 4 is 11.9 Å². The molecule has 3 atom stereocenters. The summed E-state index contributed by atoms with van der Waals surface area (Å²) in [6.45, 7) is 0.302. The average molecular weight is 299 g/mol. The molecule has 1 aromatic rings. The highest BCUT2D eigenvalue weighted by molar-refractivity contribution is 5.97. The predicted molar refractivity (Wildman–Crippen MR) is 65.5 cm³/mol. The van der Waals surface area contributed by atoms with E-state index in [4.69, 9.17) is 0 Å². The average Bonchev–Trinajstić information content (AvgIpc) is 3.07. The van der Waals surface area contributed by atoms with Crippen molar-refractivity contribution in [3.05, 3.63) is 35.4 Å². The lowest BCUT2D eigenvalue weighted by molar-refractivity contribution is -0.142. The Kier molecular flexibility index (Phi) is 2.96. The Morgan fingerprint density at radius 2 is 2.00 bits per heavy atom. The van der Waals surface area contributed by atoms with Crippen molar-refractivity contribution in [2.24, 2.45) is 11.8 Å². The van der Waals surface area contributed by atoms with Gasteiger partial charge in [0.05, 0.1) is 5.56 Å². The van der Waals surface area contributed by atoms with E-state index in [1.54, 1.807) is 0 Å². The molecule has 1 amide bonds. The van der Waals surface area contributed by atoms with Crippen molar-refractivity contribution in [3.8, 4) is 0 Å². The van der Waals surface area contributed by atoms with Gasteiger partial charge >= 0.3 is 12.1 Å². The van der Waals surface area contributed by atoms with Gasteiger partial charge in [-0.05, 0) is 36.5 Å². The molecular weight excluding hydrogens is 287 g/mol. The highest BCUT2D eigenvalue weighted by Gasteiger charge is 2.57. The number of benzene rings is 1. The molecule has 0 bridgehead atoms. The molecule has 2 aliphatic rings. The fraction of sp³-hybridized carbons (Fsp3) is 0.429. The second-order valence-corrected chi connectivity index (χ2v) is 5.48. The Hall–Kier alpha value is -2.05. The van der Waals surface area contributed by atoms with Crippen molar-refractivity contribution < 1.29 is 27.9 Å². The molecule has 1 aromatic carbocycles. The molecule has 7 heteroatoms. The van der Waals surface area contributed by atoms with Crippen LogP contribution in [0.4, 0.5) is 13.2 Å². The molecule has 4 nitrogen and oxygen atoms in total. The van der Waals surface area contributed by atoms with Crippen LogP contribution in [-0.4, -0.2) is 34.5 Å². The first kappa shape index (κ1) is 13.9. The Morgan fingerprint density at radius 1 is 1.29 bits per heavy atom. The van der Waals surface area contributed by atoms with Gasteiger partial charge in [-0.25, -0.2) is 4.79 Å². The van der Waals surface area contributed by atoms with Crippen molar-refractivity contribution in [2.45, 2.75) is 18.6 Å². The number of rotatable bonds is 2. The van der Waals surface area contributed by atoms with Crippen LogP contribution >= 0.6 is 0 Å². The Morgan fingerprint density at radius 3 is 2.62 bits per heavy atom. The van der Waals surface area contributed by atoms with Crippen molar-refractivity contribution in [2.75, 3.05) is 6.54 Å². The van der Waals surface area contributed by atoms with Gasteiger partial charge in [-0.2, -0.15) is 13.2 Å². The van der Waals surface area contributed by atoms with E-state index < -0.39 is 29.7 Å². The van der Waals surface area contributed by atoms with E-state index >= 15 is 0 Å². The molecular formula is C14H12F3NO3. The van der Waals surface area contributed by atoms with E-state index in [1.165, 1.54) is 11.0 Å². The van der Waals surface area contributed by atoms with Crippen LogP contribution in [0.25, 0.3) is 0 Å². The van der Waals surface area contributed by atoms with Gasteiger partial charge in [-0.3, -0.25) is 4.79 Å². The highest BCUT2D eigenvalue weighted by atomic mass is 19.4. The maximum absolute atomic E-state index is 12.7. The first-order chi connectivity index (χ1) is 9.79. The van der Waals surface area contributed by atoms with Gasteiger partial charge in [0.2, 0.25) is 0 Å². The van der Waals surface area contributed by atoms with Crippen LogP contribution in [0.1, 0.15) is 22.3 Å². The highest BCUT2D eigenvalue weighted by Crippen LogP contribution is 2.50. The Bertz CT molecular complexity index is 614. The number of carboxylic acid groups (broad SMARTS) is 1. The summed E-state index contributed by atoms with van der Waals surface area (Å²) in [4.78, 5) is 24.7. The Labute approximate surface area is 118 Å². The van der Waals surface area contributed by atoms with Crippen LogP contribution < -0.4 is 0 Å². The smallest absolute Gasteiger partial charge is 0.416 e. The van der Waals surface area contributed by atoms with E-state index in [1.807, 2.05) is 0 Å². The predicted octanol–water partition coefficient (Wildman–Crippen LogP) is 2.25. The first-order valence-corrected chi connectivity index (χ1v) is 6.50. The van der Waals surface area contributed by atoms with Gasteiger partial charge in [-0.1, -0.05) is 6.07 Å². The summed E-state index contributed by atoms with van der Waals surface area (Å²) in [6.07, 6.45) is -3.76. The van der Waals surface area contributed by atoms with Gasteiger partial charge in [0.15, 0.2) is 0 Å². The number of hydrogen-bond acceptors (Lipinski definition) is 2. The summed E-state index contributed by atoms with van der Waals surface area (Å²) in [5.74, 6) is -1.64. The number of amides is 1. The number of carbonyl (C=O) groups is 2. The zero-order chi connectivity index (χ0) is 15.4. The van der Waals surface area contributed by atoms with E-state index in [-0.39, 0.29) is 17.4 Å². The van der Waals surface area contributed by atoms with Gasteiger partial charge in [0.1, 0.15) is 6.04 Å². The van der Waals surface area contributed by atoms with E-state index in [9.17, 15) is 27.9 Å². The SMILES string of the molecule is O=C(O)[C@@H]1[C@H]2C[C@H]2CN1C(=O)c1cccc(C(F)(F)F)c1. The van der Waals surface area contributed by atoms with Crippen molar-refractivity contribution in [1.29, 1.82) is 0 Å². The first-order valence-electron chi connectivity index (χ1n) is 6.50. The van der Waals surface area contributed by atoms with Gasteiger partial charge in [0, 0.05) is 12.1 Å². The third-order valence-electron chi connectivity index (χ3n) is 4.10. The molecule has 1 saturated carbocycles. The van der Waals surface area contributed by atoms with E-state index in [0.29, 0.717) is 6.54 Å². The summed E-state index contributed by atoms with van der Waals surface area (Å²) < 4.78 is 38.0. The van der Waals surface area contributed by atoms with Gasteiger partial charge < -0.3 is 10.0 Å². The number of likely N-dealkylation sites (tertiary alicyclic amines) is 1. The summed E-state index contributed by atoms with van der Waals surface area (Å²) in [7, 11) is 0. The maximum atomic E-state index is 12.7. The molecule has 1 N–H and O–H groups in total. The number of nitrogens with zero attached hydrogens (tertiary/aromatic N) is 1. The molecule has 0 spiro atoms. The number of alkyl halides is 3. The zero-order valence-corrected chi connectivity index (χ0v) is 10.8. The zero-order valence-electron chi connectivity index (χ0n) is 10.8. The van der Waals surface area contributed by atoms with Crippen LogP contribution in [0.2, 0.25) is 0 Å². The number of carbonyl (C=O) groups excluding carboxylic acids is 1. The fourth-order valence-corrected chi connectivity index (χ4v) is 2.99. The molecule has 1 saturated heterocycles. The lowest BCUT2D eigenvalue weighted by atomic mass is 10.1. The number of fused-ring (bicyclic) bond motifs is 1. The lowest BCUT2D eigenvalue weighted by Crippen LogP contribution is -2.43. The quantitative estimate of drug-likeness (QED) is 0.911. The van der Waals surface area contributed by atoms with Crippen LogP contribution in [0.5, 0.6) is 0 Å². The van der Waals surface area contributed by atoms with Crippen LogP contribution in [-0.2, 0) is 11.0 Å². The number of carboxylic acids is 1. The topological polar surface area (TPSA) is 57.6 Å². The number of aliphatic carboxylic acids is 1. The molecule has 0 aromatic heterocycles. The lowest BCUT2D eigenvalue weighted by Gasteiger charge is -2.24. The normalized spacial score (nSPS) is 27.4. The molecule has 2 fully saturated rings. The van der Waals surface area contributed by atoms with Gasteiger partial charge in [-0.15, -0.1) is 0 Å². The Balaban J connectivity index is 1.87. The van der Waals surface area contributed by atoms with Crippen LogP contribution in [0, 0.1) is 11.8 Å². The summed E-state index contributed by atoms with van der Waals surface area (Å²) in [6, 6.07) is 3.17. The summed E-state index contributed by atoms with van der Waals surface area (Å²) >= 11 is 0. The molecule has 1 aliphatic carbocycles. The summed E-state index contributed by atoms with van der Waals surface area (Å²) in [5.41, 5.74) is -1.04. The third-order valence-corrected chi connectivity index (χ3v) is 4.10. The minimum atomic E-state index is -4.53. The number of halogens is 3. The molecule has 0 unspecified atom stereocenters. The van der Waals surface area contributed by atoms with Crippen LogP contribution in [0.3, 0.4) is 0 Å². The standard InChI is InChI=1S/C14H12F3NO3/c15-14(16,17)9-3-1-2-7(4-9)12(19)18-6-8-5-10(8)11(18)13(20)21/h1-4,8,10-11H,5-6H2,(H,20,21)/t8-,10-,11-/m0/s1. The monoisotopic (exact) mass is 299 g/mol.